The molecule has 3 heteroatoms. The van der Waals surface area contributed by atoms with Crippen molar-refractivity contribution in [3.05, 3.63) is 35.2 Å². The second kappa shape index (κ2) is 5.09. The molecule has 1 aromatic heterocycles. The summed E-state index contributed by atoms with van der Waals surface area (Å²) in [5.74, 6) is -0.351. The minimum absolute atomic E-state index is 0.351. The first-order valence-corrected chi connectivity index (χ1v) is 7.02. The van der Waals surface area contributed by atoms with Gasteiger partial charge in [-0.3, -0.25) is 0 Å². The summed E-state index contributed by atoms with van der Waals surface area (Å²) < 4.78 is 1.15. The van der Waals surface area contributed by atoms with Crippen LogP contribution in [-0.2, 0) is 5.60 Å². The van der Waals surface area contributed by atoms with Gasteiger partial charge in [-0.25, -0.2) is 0 Å². The molecule has 1 heterocycles. The summed E-state index contributed by atoms with van der Waals surface area (Å²) in [4.78, 5) is 0.878. The molecule has 0 saturated heterocycles. The van der Waals surface area contributed by atoms with Gasteiger partial charge in [0.1, 0.15) is 5.60 Å². The van der Waals surface area contributed by atoms with Gasteiger partial charge in [-0.1, -0.05) is 31.5 Å². The van der Waals surface area contributed by atoms with Crippen LogP contribution in [0.4, 0.5) is 0 Å². The van der Waals surface area contributed by atoms with Crippen molar-refractivity contribution < 1.29 is 5.11 Å². The van der Waals surface area contributed by atoms with E-state index in [4.69, 9.17) is 0 Å². The van der Waals surface area contributed by atoms with Crippen LogP contribution in [0.15, 0.2) is 30.3 Å². The molecule has 0 aliphatic carbocycles. The third kappa shape index (κ3) is 2.27. The molecule has 2 aromatic rings. The number of nitriles is 1. The third-order valence-electron chi connectivity index (χ3n) is 3.34. The van der Waals surface area contributed by atoms with Crippen molar-refractivity contribution in [1.82, 2.24) is 0 Å². The molecule has 0 amide bonds. The molecular weight excluding hydrogens is 242 g/mol. The van der Waals surface area contributed by atoms with E-state index in [2.05, 4.69) is 6.07 Å². The molecule has 0 aliphatic heterocycles. The Kier molecular flexibility index (Phi) is 3.70. The number of nitrogens with zero attached hydrogens (tertiary/aromatic N) is 1. The molecule has 94 valence electrons. The highest BCUT2D eigenvalue weighted by atomic mass is 32.1. The van der Waals surface area contributed by atoms with Gasteiger partial charge in [0.15, 0.2) is 0 Å². The van der Waals surface area contributed by atoms with Crippen LogP contribution in [0.1, 0.15) is 31.6 Å². The molecule has 0 radical (unpaired) electrons. The fourth-order valence-electron chi connectivity index (χ4n) is 2.16. The zero-order chi connectivity index (χ0) is 13.2. The highest BCUT2D eigenvalue weighted by Crippen LogP contribution is 2.38. The molecule has 2 atom stereocenters. The van der Waals surface area contributed by atoms with E-state index in [1.807, 2.05) is 37.3 Å². The Morgan fingerprint density at radius 1 is 1.44 bits per heavy atom. The Morgan fingerprint density at radius 2 is 2.17 bits per heavy atom. The van der Waals surface area contributed by atoms with Gasteiger partial charge in [0.05, 0.1) is 12.0 Å². The van der Waals surface area contributed by atoms with Crippen LogP contribution < -0.4 is 0 Å². The third-order valence-corrected chi connectivity index (χ3v) is 4.68. The Bertz CT molecular complexity index is 546. The van der Waals surface area contributed by atoms with Crippen molar-refractivity contribution in [2.75, 3.05) is 0 Å². The lowest BCUT2D eigenvalue weighted by molar-refractivity contribution is 0.0167. The molecule has 18 heavy (non-hydrogen) atoms. The average molecular weight is 259 g/mol. The SMILES string of the molecule is CCCC(C#N)C(C)(O)c1cc2ccccc2s1. The average Bonchev–Trinajstić information content (AvgIpc) is 2.80. The number of rotatable bonds is 4. The molecular formula is C15H17NOS. The zero-order valence-corrected chi connectivity index (χ0v) is 11.5. The number of hydrogen-bond acceptors (Lipinski definition) is 3. The molecule has 0 aliphatic rings. The molecule has 1 N–H and O–H groups in total. The lowest BCUT2D eigenvalue weighted by Gasteiger charge is -2.26. The second-order valence-corrected chi connectivity index (χ2v) is 5.85. The fraction of sp³-hybridized carbons (Fsp3) is 0.400. The Hall–Kier alpha value is -1.37. The Balaban J connectivity index is 2.42. The summed E-state index contributed by atoms with van der Waals surface area (Å²) in [6, 6.07) is 12.3. The minimum Gasteiger partial charge on any atom is -0.383 e. The topological polar surface area (TPSA) is 44.0 Å². The number of benzene rings is 1. The standard InChI is InChI=1S/C15H17NOS/c1-3-6-12(10-16)15(2,17)14-9-11-7-4-5-8-13(11)18-14/h4-5,7-9,12,17H,3,6H2,1-2H3. The van der Waals surface area contributed by atoms with E-state index in [1.54, 1.807) is 18.3 Å². The van der Waals surface area contributed by atoms with Gasteiger partial charge in [-0.05, 0) is 30.9 Å². The van der Waals surface area contributed by atoms with Gasteiger partial charge < -0.3 is 5.11 Å². The maximum Gasteiger partial charge on any atom is 0.112 e. The van der Waals surface area contributed by atoms with Crippen LogP contribution in [0, 0.1) is 17.2 Å². The molecule has 1 aromatic carbocycles. The predicted molar refractivity (Wildman–Crippen MR) is 75.4 cm³/mol. The Morgan fingerprint density at radius 3 is 2.78 bits per heavy atom. The number of thiophene rings is 1. The summed E-state index contributed by atoms with van der Waals surface area (Å²) in [6.07, 6.45) is 1.62. The van der Waals surface area contributed by atoms with E-state index in [0.29, 0.717) is 0 Å². The quantitative estimate of drug-likeness (QED) is 0.900. The summed E-state index contributed by atoms with van der Waals surface area (Å²) >= 11 is 1.57. The van der Waals surface area contributed by atoms with Crippen molar-refractivity contribution in [1.29, 1.82) is 5.26 Å². The maximum absolute atomic E-state index is 10.7. The van der Waals surface area contributed by atoms with Crippen LogP contribution in [0.3, 0.4) is 0 Å². The van der Waals surface area contributed by atoms with Crippen LogP contribution >= 0.6 is 11.3 Å². The number of fused-ring (bicyclic) bond motifs is 1. The molecule has 0 fully saturated rings. The van der Waals surface area contributed by atoms with E-state index in [1.165, 1.54) is 0 Å². The van der Waals surface area contributed by atoms with Gasteiger partial charge in [0, 0.05) is 9.58 Å². The van der Waals surface area contributed by atoms with Gasteiger partial charge in [-0.15, -0.1) is 11.3 Å². The molecule has 2 nitrogen and oxygen atoms in total. The highest BCUT2D eigenvalue weighted by Gasteiger charge is 2.34. The monoisotopic (exact) mass is 259 g/mol. The first-order chi connectivity index (χ1) is 8.59. The van der Waals surface area contributed by atoms with E-state index < -0.39 is 5.60 Å². The van der Waals surface area contributed by atoms with Crippen molar-refractivity contribution in [2.45, 2.75) is 32.3 Å². The predicted octanol–water partition coefficient (Wildman–Crippen LogP) is 4.05. The van der Waals surface area contributed by atoms with Gasteiger partial charge in [0.2, 0.25) is 0 Å². The summed E-state index contributed by atoms with van der Waals surface area (Å²) in [7, 11) is 0. The zero-order valence-electron chi connectivity index (χ0n) is 10.7. The first kappa shape index (κ1) is 13.1. The fourth-order valence-corrected chi connectivity index (χ4v) is 3.33. The highest BCUT2D eigenvalue weighted by molar-refractivity contribution is 7.19. The summed E-state index contributed by atoms with van der Waals surface area (Å²) in [5.41, 5.74) is -1.06. The van der Waals surface area contributed by atoms with Crippen LogP contribution in [0.25, 0.3) is 10.1 Å². The number of hydrogen-bond donors (Lipinski definition) is 1. The summed E-state index contributed by atoms with van der Waals surface area (Å²) in [6.45, 7) is 3.78. The smallest absolute Gasteiger partial charge is 0.112 e. The van der Waals surface area contributed by atoms with Gasteiger partial charge in [0.25, 0.3) is 0 Å². The number of aliphatic hydroxyl groups is 1. The van der Waals surface area contributed by atoms with E-state index in [9.17, 15) is 10.4 Å². The molecule has 0 saturated carbocycles. The van der Waals surface area contributed by atoms with Crippen molar-refractivity contribution in [3.63, 3.8) is 0 Å². The van der Waals surface area contributed by atoms with Crippen molar-refractivity contribution in [3.8, 4) is 6.07 Å². The van der Waals surface area contributed by atoms with Crippen LogP contribution in [0.2, 0.25) is 0 Å². The second-order valence-electron chi connectivity index (χ2n) is 4.77. The van der Waals surface area contributed by atoms with Crippen molar-refractivity contribution >= 4 is 21.4 Å². The normalized spacial score (nSPS) is 16.1. The minimum atomic E-state index is -1.06. The summed E-state index contributed by atoms with van der Waals surface area (Å²) in [5, 5.41) is 21.0. The van der Waals surface area contributed by atoms with Crippen LogP contribution in [0.5, 0.6) is 0 Å². The largest absolute Gasteiger partial charge is 0.383 e. The lowest BCUT2D eigenvalue weighted by atomic mass is 9.85. The lowest BCUT2D eigenvalue weighted by Crippen LogP contribution is -2.29. The Labute approximate surface area is 111 Å². The van der Waals surface area contributed by atoms with E-state index in [0.717, 1.165) is 27.8 Å². The van der Waals surface area contributed by atoms with Gasteiger partial charge in [-0.2, -0.15) is 5.26 Å². The maximum atomic E-state index is 10.7. The van der Waals surface area contributed by atoms with E-state index in [-0.39, 0.29) is 5.92 Å². The van der Waals surface area contributed by atoms with Crippen LogP contribution in [-0.4, -0.2) is 5.11 Å². The molecule has 2 rings (SSSR count). The molecule has 2 unspecified atom stereocenters. The van der Waals surface area contributed by atoms with E-state index >= 15 is 0 Å². The van der Waals surface area contributed by atoms with Crippen molar-refractivity contribution in [2.24, 2.45) is 5.92 Å². The molecule has 0 bridgehead atoms. The first-order valence-electron chi connectivity index (χ1n) is 6.20. The van der Waals surface area contributed by atoms with Gasteiger partial charge >= 0.3 is 0 Å². The molecule has 0 spiro atoms.